The van der Waals surface area contributed by atoms with E-state index in [0.29, 0.717) is 11.3 Å². The lowest BCUT2D eigenvalue weighted by Gasteiger charge is -2.09. The second-order valence-corrected chi connectivity index (χ2v) is 7.62. The van der Waals surface area contributed by atoms with Gasteiger partial charge in [-0.05, 0) is 55.0 Å². The first kappa shape index (κ1) is 18.8. The molecule has 1 amide bonds. The Morgan fingerprint density at radius 2 is 1.93 bits per heavy atom. The van der Waals surface area contributed by atoms with Crippen molar-refractivity contribution in [2.75, 3.05) is 5.32 Å². The Bertz CT molecular complexity index is 1060. The van der Waals surface area contributed by atoms with Gasteiger partial charge in [0.05, 0.1) is 17.7 Å². The number of furan rings is 1. The molecule has 0 radical (unpaired) electrons. The smallest absolute Gasteiger partial charge is 0.255 e. The number of halogens is 1. The Balaban J connectivity index is 1.74. The van der Waals surface area contributed by atoms with E-state index in [1.54, 1.807) is 25.1 Å². The van der Waals surface area contributed by atoms with Crippen LogP contribution in [0.15, 0.2) is 70.2 Å². The number of benzene rings is 2. The summed E-state index contributed by atoms with van der Waals surface area (Å²) in [6.07, 6.45) is 1.45. The molecule has 0 atom stereocenters. The summed E-state index contributed by atoms with van der Waals surface area (Å²) < 4.78 is 45.9. The molecule has 0 aliphatic heterocycles. The van der Waals surface area contributed by atoms with Crippen molar-refractivity contribution in [3.63, 3.8) is 0 Å². The van der Waals surface area contributed by atoms with E-state index in [0.717, 1.165) is 6.07 Å². The van der Waals surface area contributed by atoms with Crippen LogP contribution in [0.1, 0.15) is 21.7 Å². The number of carbonyl (C=O) groups is 1. The Morgan fingerprint density at radius 3 is 2.63 bits per heavy atom. The Kier molecular flexibility index (Phi) is 5.38. The van der Waals surface area contributed by atoms with E-state index in [4.69, 9.17) is 4.42 Å². The molecule has 8 heteroatoms. The zero-order chi connectivity index (χ0) is 19.4. The predicted molar refractivity (Wildman–Crippen MR) is 98.3 cm³/mol. The lowest BCUT2D eigenvalue weighted by molar-refractivity contribution is 0.102. The van der Waals surface area contributed by atoms with Gasteiger partial charge >= 0.3 is 0 Å². The molecular formula is C19H17FN2O4S. The molecule has 0 bridgehead atoms. The van der Waals surface area contributed by atoms with E-state index >= 15 is 0 Å². The number of hydrogen-bond acceptors (Lipinski definition) is 4. The minimum absolute atomic E-state index is 0.00850. The molecule has 0 aliphatic carbocycles. The number of nitrogens with one attached hydrogen (secondary N) is 2. The molecule has 1 aromatic heterocycles. The first-order valence-corrected chi connectivity index (χ1v) is 9.53. The summed E-state index contributed by atoms with van der Waals surface area (Å²) in [5, 5.41) is 2.57. The van der Waals surface area contributed by atoms with Gasteiger partial charge in [-0.25, -0.2) is 17.5 Å². The summed E-state index contributed by atoms with van der Waals surface area (Å²) in [4.78, 5) is 12.3. The quantitative estimate of drug-likeness (QED) is 0.677. The number of sulfonamides is 1. The van der Waals surface area contributed by atoms with Crippen molar-refractivity contribution < 1.29 is 22.0 Å². The Hall–Kier alpha value is -2.97. The molecule has 0 aliphatic rings. The van der Waals surface area contributed by atoms with E-state index < -0.39 is 21.7 Å². The van der Waals surface area contributed by atoms with Crippen LogP contribution in [0, 0.1) is 12.7 Å². The number of rotatable bonds is 6. The summed E-state index contributed by atoms with van der Waals surface area (Å²) >= 11 is 0. The molecule has 0 saturated heterocycles. The molecule has 1 heterocycles. The zero-order valence-electron chi connectivity index (χ0n) is 14.4. The standard InChI is InChI=1S/C19H17FN2O4S/c1-13-7-8-14(10-18(13)20)19(23)22-15-4-2-6-17(11-15)27(24,25)21-12-16-5-3-9-26-16/h2-11,21H,12H2,1H3,(H,22,23). The van der Waals surface area contributed by atoms with Crippen molar-refractivity contribution >= 4 is 21.6 Å². The maximum atomic E-state index is 13.6. The first-order valence-electron chi connectivity index (χ1n) is 8.05. The fourth-order valence-electron chi connectivity index (χ4n) is 2.34. The maximum absolute atomic E-state index is 13.6. The van der Waals surface area contributed by atoms with Crippen LogP contribution in [0.25, 0.3) is 0 Å². The second-order valence-electron chi connectivity index (χ2n) is 5.85. The number of amides is 1. The number of carbonyl (C=O) groups excluding carboxylic acids is 1. The highest BCUT2D eigenvalue weighted by atomic mass is 32.2. The summed E-state index contributed by atoms with van der Waals surface area (Å²) in [6, 6.07) is 13.2. The van der Waals surface area contributed by atoms with Gasteiger partial charge in [0.25, 0.3) is 5.91 Å². The van der Waals surface area contributed by atoms with Gasteiger partial charge in [0.1, 0.15) is 11.6 Å². The molecule has 0 spiro atoms. The number of anilines is 1. The molecule has 6 nitrogen and oxygen atoms in total. The number of aryl methyl sites for hydroxylation is 1. The van der Waals surface area contributed by atoms with Crippen LogP contribution in [0.3, 0.4) is 0 Å². The van der Waals surface area contributed by atoms with Crippen molar-refractivity contribution in [3.8, 4) is 0 Å². The van der Waals surface area contributed by atoms with Crippen LogP contribution >= 0.6 is 0 Å². The molecule has 3 rings (SSSR count). The van der Waals surface area contributed by atoms with Gasteiger partial charge in [-0.3, -0.25) is 4.79 Å². The molecule has 140 valence electrons. The van der Waals surface area contributed by atoms with Crippen molar-refractivity contribution in [2.24, 2.45) is 0 Å². The summed E-state index contributed by atoms with van der Waals surface area (Å²) in [6.45, 7) is 1.61. The maximum Gasteiger partial charge on any atom is 0.255 e. The van der Waals surface area contributed by atoms with Gasteiger partial charge in [0.2, 0.25) is 10.0 Å². The van der Waals surface area contributed by atoms with Crippen LogP contribution in [0.4, 0.5) is 10.1 Å². The highest BCUT2D eigenvalue weighted by molar-refractivity contribution is 7.89. The minimum atomic E-state index is -3.79. The van der Waals surface area contributed by atoms with E-state index in [1.165, 1.54) is 36.6 Å². The zero-order valence-corrected chi connectivity index (χ0v) is 15.2. The molecule has 0 unspecified atom stereocenters. The predicted octanol–water partition coefficient (Wildman–Crippen LogP) is 3.46. The van der Waals surface area contributed by atoms with E-state index in [-0.39, 0.29) is 22.7 Å². The normalized spacial score (nSPS) is 11.3. The fraction of sp³-hybridized carbons (Fsp3) is 0.105. The molecule has 2 N–H and O–H groups in total. The molecular weight excluding hydrogens is 371 g/mol. The summed E-state index contributed by atoms with van der Waals surface area (Å²) in [5.41, 5.74) is 0.853. The van der Waals surface area contributed by atoms with Gasteiger partial charge in [-0.2, -0.15) is 0 Å². The van der Waals surface area contributed by atoms with Gasteiger partial charge in [0, 0.05) is 11.3 Å². The monoisotopic (exact) mass is 388 g/mol. The van der Waals surface area contributed by atoms with Crippen LogP contribution in [-0.4, -0.2) is 14.3 Å². The van der Waals surface area contributed by atoms with Crippen LogP contribution in [0.2, 0.25) is 0 Å². The van der Waals surface area contributed by atoms with Crippen LogP contribution < -0.4 is 10.0 Å². The van der Waals surface area contributed by atoms with Crippen molar-refractivity contribution in [1.82, 2.24) is 4.72 Å². The molecule has 0 fully saturated rings. The van der Waals surface area contributed by atoms with E-state index in [9.17, 15) is 17.6 Å². The average Bonchev–Trinajstić information content (AvgIpc) is 3.16. The van der Waals surface area contributed by atoms with Crippen LogP contribution in [0.5, 0.6) is 0 Å². The van der Waals surface area contributed by atoms with E-state index in [2.05, 4.69) is 10.0 Å². The Labute approximate surface area is 156 Å². The molecule has 2 aromatic carbocycles. The van der Waals surface area contributed by atoms with E-state index in [1.807, 2.05) is 0 Å². The van der Waals surface area contributed by atoms with Gasteiger partial charge in [-0.1, -0.05) is 12.1 Å². The highest BCUT2D eigenvalue weighted by Crippen LogP contribution is 2.17. The average molecular weight is 388 g/mol. The second kappa shape index (κ2) is 7.73. The fourth-order valence-corrected chi connectivity index (χ4v) is 3.38. The topological polar surface area (TPSA) is 88.4 Å². The number of hydrogen-bond donors (Lipinski definition) is 2. The highest BCUT2D eigenvalue weighted by Gasteiger charge is 2.16. The minimum Gasteiger partial charge on any atom is -0.468 e. The summed E-state index contributed by atoms with van der Waals surface area (Å²) in [7, 11) is -3.79. The van der Waals surface area contributed by atoms with Gasteiger partial charge < -0.3 is 9.73 Å². The SMILES string of the molecule is Cc1ccc(C(=O)Nc2cccc(S(=O)(=O)NCc3ccco3)c2)cc1F. The lowest BCUT2D eigenvalue weighted by Crippen LogP contribution is -2.23. The van der Waals surface area contributed by atoms with Gasteiger partial charge in [-0.15, -0.1) is 0 Å². The van der Waals surface area contributed by atoms with Crippen molar-refractivity contribution in [3.05, 3.63) is 83.6 Å². The summed E-state index contributed by atoms with van der Waals surface area (Å²) in [5.74, 6) is -0.544. The van der Waals surface area contributed by atoms with Crippen molar-refractivity contribution in [2.45, 2.75) is 18.4 Å². The lowest BCUT2D eigenvalue weighted by atomic mass is 10.1. The third-order valence-corrected chi connectivity index (χ3v) is 5.25. The van der Waals surface area contributed by atoms with Gasteiger partial charge in [0.15, 0.2) is 0 Å². The Morgan fingerprint density at radius 1 is 1.11 bits per heavy atom. The van der Waals surface area contributed by atoms with Crippen molar-refractivity contribution in [1.29, 1.82) is 0 Å². The largest absolute Gasteiger partial charge is 0.468 e. The van der Waals surface area contributed by atoms with Crippen LogP contribution in [-0.2, 0) is 16.6 Å². The molecule has 0 saturated carbocycles. The third-order valence-electron chi connectivity index (χ3n) is 3.85. The molecule has 27 heavy (non-hydrogen) atoms. The first-order chi connectivity index (χ1) is 12.8. The molecule has 3 aromatic rings. The third kappa shape index (κ3) is 4.60.